The van der Waals surface area contributed by atoms with Crippen LogP contribution in [0.4, 0.5) is 30.6 Å². The number of aromatic nitrogens is 2. The lowest BCUT2D eigenvalue weighted by atomic mass is 10.0. The molecule has 226 valence electrons. The number of anilines is 3. The third-order valence-corrected chi connectivity index (χ3v) is 7.22. The molecular formula is C30H30ClF2N5O5. The molecule has 13 heteroatoms. The van der Waals surface area contributed by atoms with Gasteiger partial charge < -0.3 is 25.1 Å². The van der Waals surface area contributed by atoms with Crippen LogP contribution in [0.2, 0.25) is 5.15 Å². The predicted octanol–water partition coefficient (Wildman–Crippen LogP) is 6.52. The number of halogens is 3. The molecule has 43 heavy (non-hydrogen) atoms. The van der Waals surface area contributed by atoms with E-state index in [1.54, 1.807) is 0 Å². The Morgan fingerprint density at radius 2 is 1.86 bits per heavy atom. The summed E-state index contributed by atoms with van der Waals surface area (Å²) >= 11 is 6.55. The van der Waals surface area contributed by atoms with Gasteiger partial charge in [0.05, 0.1) is 23.0 Å². The summed E-state index contributed by atoms with van der Waals surface area (Å²) in [4.78, 5) is 46.5. The zero-order chi connectivity index (χ0) is 30.5. The Balaban J connectivity index is 1.57. The van der Waals surface area contributed by atoms with Crippen molar-refractivity contribution in [1.29, 1.82) is 0 Å². The van der Waals surface area contributed by atoms with Gasteiger partial charge in [-0.25, -0.2) is 18.6 Å². The summed E-state index contributed by atoms with van der Waals surface area (Å²) in [6.45, 7) is 2.14. The summed E-state index contributed by atoms with van der Waals surface area (Å²) in [5.74, 6) is -3.01. The largest absolute Gasteiger partial charge is 0.447 e. The Bertz CT molecular complexity index is 1560. The number of aryl methyl sites for hydroxylation is 2. The number of rotatable bonds is 5. The van der Waals surface area contributed by atoms with Gasteiger partial charge in [-0.1, -0.05) is 23.8 Å². The van der Waals surface area contributed by atoms with Crippen LogP contribution in [0.3, 0.4) is 0 Å². The van der Waals surface area contributed by atoms with Crippen molar-refractivity contribution < 1.29 is 32.6 Å². The maximum absolute atomic E-state index is 14.8. The molecule has 1 fully saturated rings. The van der Waals surface area contributed by atoms with E-state index in [2.05, 4.69) is 25.9 Å². The van der Waals surface area contributed by atoms with E-state index in [1.807, 2.05) is 12.2 Å². The molecule has 3 heterocycles. The second kappa shape index (κ2) is 13.3. The molecule has 0 aliphatic carbocycles. The van der Waals surface area contributed by atoms with Gasteiger partial charge in [-0.15, -0.1) is 0 Å². The Kier molecular flexibility index (Phi) is 9.37. The van der Waals surface area contributed by atoms with Crippen molar-refractivity contribution in [3.05, 3.63) is 70.2 Å². The minimum Gasteiger partial charge on any atom is -0.447 e. The molecule has 3 aromatic rings. The molecule has 0 unspecified atom stereocenters. The van der Waals surface area contributed by atoms with E-state index in [0.29, 0.717) is 37.3 Å². The number of fused-ring (bicyclic) bond motifs is 4. The first-order valence-corrected chi connectivity index (χ1v) is 14.3. The standard InChI is InChI=1S/C30H30ClF2N5O5/c1-16-11-19(32)25(20(33)12-16)29(40)36-22-14-17(34-30(41)43-15-18-7-6-10-42-18)13-21-26(22)27-28(31)38-23(37-27)8-4-2-3-5-9-24(39)35-21/h2-3,11-14,18H,4-10,15H2,1H3,(H,34,41)(H,35,39)(H,36,40)(H,37,38)/t18-/m0/s1. The molecule has 2 aliphatic heterocycles. The van der Waals surface area contributed by atoms with Crippen LogP contribution < -0.4 is 16.0 Å². The summed E-state index contributed by atoms with van der Waals surface area (Å²) in [5.41, 5.74) is 0.0905. The van der Waals surface area contributed by atoms with Crippen molar-refractivity contribution in [2.45, 2.75) is 51.6 Å². The molecule has 2 aromatic carbocycles. The van der Waals surface area contributed by atoms with Crippen LogP contribution >= 0.6 is 11.6 Å². The van der Waals surface area contributed by atoms with Gasteiger partial charge in [0.1, 0.15) is 40.5 Å². The topological polar surface area (TPSA) is 134 Å². The monoisotopic (exact) mass is 613 g/mol. The molecule has 2 bridgehead atoms. The Labute approximate surface area is 251 Å². The average Bonchev–Trinajstić information content (AvgIpc) is 3.58. The SMILES string of the molecule is Cc1cc(F)c(C(=O)Nc2cc(NC(=O)OC[C@@H]3CCCO3)cc3c2-c2nc([nH]c2Cl)CCC=CCCC(=O)N3)c(F)c1. The summed E-state index contributed by atoms with van der Waals surface area (Å²) in [5, 5.41) is 8.04. The summed E-state index contributed by atoms with van der Waals surface area (Å²) in [7, 11) is 0. The number of carbonyl (C=O) groups excluding carboxylic acids is 3. The molecule has 4 N–H and O–H groups in total. The average molecular weight is 614 g/mol. The quantitative estimate of drug-likeness (QED) is 0.242. The van der Waals surface area contributed by atoms with Gasteiger partial charge in [-0.3, -0.25) is 14.9 Å². The van der Waals surface area contributed by atoms with E-state index in [1.165, 1.54) is 19.1 Å². The van der Waals surface area contributed by atoms with E-state index < -0.39 is 29.2 Å². The lowest BCUT2D eigenvalue weighted by Crippen LogP contribution is -2.22. The molecule has 2 aliphatic rings. The van der Waals surface area contributed by atoms with E-state index >= 15 is 0 Å². The molecule has 3 amide bonds. The highest BCUT2D eigenvalue weighted by atomic mass is 35.5. The van der Waals surface area contributed by atoms with Crippen molar-refractivity contribution in [1.82, 2.24) is 9.97 Å². The van der Waals surface area contributed by atoms with Crippen molar-refractivity contribution in [3.63, 3.8) is 0 Å². The summed E-state index contributed by atoms with van der Waals surface area (Å²) in [6.07, 6.45) is 6.26. The highest BCUT2D eigenvalue weighted by molar-refractivity contribution is 6.32. The fourth-order valence-electron chi connectivity index (χ4n) is 4.93. The number of ether oxygens (including phenoxy) is 2. The lowest BCUT2D eigenvalue weighted by Gasteiger charge is -2.19. The third kappa shape index (κ3) is 7.38. The first-order valence-electron chi connectivity index (χ1n) is 13.9. The highest BCUT2D eigenvalue weighted by Gasteiger charge is 2.26. The molecule has 1 aromatic heterocycles. The maximum Gasteiger partial charge on any atom is 0.411 e. The van der Waals surface area contributed by atoms with Gasteiger partial charge in [0.2, 0.25) is 5.91 Å². The maximum atomic E-state index is 14.8. The number of hydrogen-bond acceptors (Lipinski definition) is 6. The number of hydrogen-bond donors (Lipinski definition) is 4. The van der Waals surface area contributed by atoms with Gasteiger partial charge in [-0.2, -0.15) is 0 Å². The van der Waals surface area contributed by atoms with Crippen LogP contribution in [0.15, 0.2) is 36.4 Å². The first kappa shape index (κ1) is 30.2. The van der Waals surface area contributed by atoms with Crippen molar-refractivity contribution in [3.8, 4) is 11.3 Å². The molecule has 1 saturated heterocycles. The van der Waals surface area contributed by atoms with E-state index in [-0.39, 0.29) is 58.5 Å². The van der Waals surface area contributed by atoms with Crippen LogP contribution in [-0.4, -0.2) is 47.2 Å². The minimum atomic E-state index is -1.10. The number of nitrogens with one attached hydrogen (secondary N) is 4. The van der Waals surface area contributed by atoms with Gasteiger partial charge in [0.15, 0.2) is 0 Å². The lowest BCUT2D eigenvalue weighted by molar-refractivity contribution is -0.116. The fraction of sp³-hybridized carbons (Fsp3) is 0.333. The zero-order valence-electron chi connectivity index (χ0n) is 23.3. The van der Waals surface area contributed by atoms with Crippen LogP contribution in [0.5, 0.6) is 0 Å². The first-order chi connectivity index (χ1) is 20.7. The molecule has 0 saturated carbocycles. The van der Waals surface area contributed by atoms with Gasteiger partial charge in [-0.05, 0) is 62.4 Å². The number of nitrogens with zero attached hydrogens (tertiary/aromatic N) is 1. The number of imidazole rings is 1. The van der Waals surface area contributed by atoms with Gasteiger partial charge >= 0.3 is 6.09 Å². The van der Waals surface area contributed by atoms with E-state index in [4.69, 9.17) is 21.1 Å². The smallest absolute Gasteiger partial charge is 0.411 e. The Morgan fingerprint density at radius 3 is 2.58 bits per heavy atom. The van der Waals surface area contributed by atoms with E-state index in [9.17, 15) is 23.2 Å². The zero-order valence-corrected chi connectivity index (χ0v) is 24.1. The fourth-order valence-corrected chi connectivity index (χ4v) is 5.18. The number of carbonyl (C=O) groups is 3. The molecule has 5 rings (SSSR count). The minimum absolute atomic E-state index is 0.0236. The van der Waals surface area contributed by atoms with Gasteiger partial charge in [0, 0.05) is 25.1 Å². The van der Waals surface area contributed by atoms with Gasteiger partial charge in [0.25, 0.3) is 5.91 Å². The summed E-state index contributed by atoms with van der Waals surface area (Å²) < 4.78 is 40.3. The molecular weight excluding hydrogens is 584 g/mol. The predicted molar refractivity (Wildman–Crippen MR) is 157 cm³/mol. The molecule has 10 nitrogen and oxygen atoms in total. The number of H-pyrrole nitrogens is 1. The normalized spacial score (nSPS) is 16.7. The summed E-state index contributed by atoms with van der Waals surface area (Å²) in [6, 6.07) is 4.91. The second-order valence-corrected chi connectivity index (χ2v) is 10.7. The van der Waals surface area contributed by atoms with Crippen LogP contribution in [0, 0.1) is 18.6 Å². The van der Waals surface area contributed by atoms with Crippen molar-refractivity contribution >= 4 is 46.6 Å². The van der Waals surface area contributed by atoms with Crippen LogP contribution in [-0.2, 0) is 20.7 Å². The third-order valence-electron chi connectivity index (χ3n) is 6.94. The molecule has 1 atom stereocenters. The van der Waals surface area contributed by atoms with Crippen molar-refractivity contribution in [2.75, 3.05) is 29.2 Å². The number of allylic oxidation sites excluding steroid dienone is 2. The number of aromatic amines is 1. The Hall–Kier alpha value is -4.29. The Morgan fingerprint density at radius 1 is 1.12 bits per heavy atom. The highest BCUT2D eigenvalue weighted by Crippen LogP contribution is 2.41. The number of amides is 3. The van der Waals surface area contributed by atoms with Crippen LogP contribution in [0.1, 0.15) is 53.8 Å². The van der Waals surface area contributed by atoms with Crippen molar-refractivity contribution in [2.24, 2.45) is 0 Å². The number of benzene rings is 2. The molecule has 0 radical (unpaired) electrons. The second-order valence-electron chi connectivity index (χ2n) is 10.3. The van der Waals surface area contributed by atoms with E-state index in [0.717, 1.165) is 25.0 Å². The van der Waals surface area contributed by atoms with Crippen LogP contribution in [0.25, 0.3) is 11.3 Å². The molecule has 0 spiro atoms.